The van der Waals surface area contributed by atoms with Crippen LogP contribution in [0.5, 0.6) is 0 Å². The molecule has 0 aromatic carbocycles. The van der Waals surface area contributed by atoms with Gasteiger partial charge in [0.15, 0.2) is 5.66 Å². The molecule has 2 N–H and O–H groups in total. The third-order valence-electron chi connectivity index (χ3n) is 4.83. The zero-order valence-electron chi connectivity index (χ0n) is 13.9. The molecule has 23 heavy (non-hydrogen) atoms. The van der Waals surface area contributed by atoms with Gasteiger partial charge in [0.2, 0.25) is 5.91 Å². The number of carbonyl (C=O) groups excluding carboxylic acids is 1. The SMILES string of the molecule is C#CCCC1(CCC(=O)NC2(C(=O)O)CCCC(C)(C)C2)N=N1. The van der Waals surface area contributed by atoms with E-state index in [4.69, 9.17) is 6.42 Å². The second-order valence-electron chi connectivity index (χ2n) is 7.52. The molecule has 1 saturated carbocycles. The van der Waals surface area contributed by atoms with Gasteiger partial charge in [0.25, 0.3) is 0 Å². The molecule has 1 atom stereocenters. The number of terminal acetylenes is 1. The van der Waals surface area contributed by atoms with Crippen LogP contribution in [0.4, 0.5) is 0 Å². The Labute approximate surface area is 137 Å². The molecule has 1 aliphatic heterocycles. The maximum atomic E-state index is 12.3. The molecular weight excluding hydrogens is 294 g/mol. The second-order valence-corrected chi connectivity index (χ2v) is 7.52. The average Bonchev–Trinajstić information content (AvgIpc) is 3.22. The molecule has 0 radical (unpaired) electrons. The highest BCUT2D eigenvalue weighted by molar-refractivity contribution is 5.87. The Balaban J connectivity index is 1.92. The van der Waals surface area contributed by atoms with Crippen molar-refractivity contribution in [2.45, 2.75) is 76.4 Å². The van der Waals surface area contributed by atoms with E-state index in [-0.39, 0.29) is 17.7 Å². The maximum Gasteiger partial charge on any atom is 0.329 e. The van der Waals surface area contributed by atoms with Crippen LogP contribution in [0.1, 0.15) is 65.2 Å². The molecule has 0 spiro atoms. The first kappa shape index (κ1) is 17.5. The van der Waals surface area contributed by atoms with E-state index in [1.807, 2.05) is 13.8 Å². The number of hydrogen-bond acceptors (Lipinski definition) is 4. The minimum Gasteiger partial charge on any atom is -0.480 e. The number of rotatable bonds is 7. The van der Waals surface area contributed by atoms with Gasteiger partial charge in [0, 0.05) is 25.7 Å². The van der Waals surface area contributed by atoms with Crippen molar-refractivity contribution >= 4 is 11.9 Å². The Bertz CT molecular complexity index is 556. The van der Waals surface area contributed by atoms with Crippen molar-refractivity contribution in [2.75, 3.05) is 0 Å². The van der Waals surface area contributed by atoms with Gasteiger partial charge in [-0.1, -0.05) is 13.8 Å². The van der Waals surface area contributed by atoms with Crippen LogP contribution in [-0.4, -0.2) is 28.2 Å². The van der Waals surface area contributed by atoms with Crippen molar-refractivity contribution in [1.82, 2.24) is 5.32 Å². The Morgan fingerprint density at radius 2 is 1.96 bits per heavy atom. The number of hydrogen-bond donors (Lipinski definition) is 2. The molecule has 1 fully saturated rings. The highest BCUT2D eigenvalue weighted by Crippen LogP contribution is 2.42. The summed E-state index contributed by atoms with van der Waals surface area (Å²) in [7, 11) is 0. The summed E-state index contributed by atoms with van der Waals surface area (Å²) in [5, 5.41) is 20.4. The van der Waals surface area contributed by atoms with Crippen LogP contribution in [0.25, 0.3) is 0 Å². The van der Waals surface area contributed by atoms with E-state index in [9.17, 15) is 14.7 Å². The zero-order chi connectivity index (χ0) is 17.1. The molecular formula is C17H25N3O3. The van der Waals surface area contributed by atoms with Crippen LogP contribution in [0.3, 0.4) is 0 Å². The van der Waals surface area contributed by atoms with Crippen LogP contribution >= 0.6 is 0 Å². The monoisotopic (exact) mass is 319 g/mol. The van der Waals surface area contributed by atoms with Crippen molar-refractivity contribution in [3.05, 3.63) is 0 Å². The molecule has 6 heteroatoms. The number of carbonyl (C=O) groups is 2. The molecule has 2 aliphatic rings. The Morgan fingerprint density at radius 3 is 2.48 bits per heavy atom. The molecule has 0 aromatic rings. The third-order valence-corrected chi connectivity index (χ3v) is 4.83. The highest BCUT2D eigenvalue weighted by Gasteiger charge is 2.47. The largest absolute Gasteiger partial charge is 0.480 e. The van der Waals surface area contributed by atoms with Crippen molar-refractivity contribution in [3.63, 3.8) is 0 Å². The quantitative estimate of drug-likeness (QED) is 0.707. The topological polar surface area (TPSA) is 91.1 Å². The Hall–Kier alpha value is -1.90. The fraction of sp³-hybridized carbons (Fsp3) is 0.765. The van der Waals surface area contributed by atoms with E-state index in [0.29, 0.717) is 32.1 Å². The van der Waals surface area contributed by atoms with Gasteiger partial charge >= 0.3 is 5.97 Å². The summed E-state index contributed by atoms with van der Waals surface area (Å²) < 4.78 is 0. The fourth-order valence-corrected chi connectivity index (χ4v) is 3.52. The first-order valence-electron chi connectivity index (χ1n) is 8.15. The molecule has 1 amide bonds. The van der Waals surface area contributed by atoms with Gasteiger partial charge in [0.05, 0.1) is 0 Å². The van der Waals surface area contributed by atoms with E-state index < -0.39 is 17.2 Å². The molecule has 0 bridgehead atoms. The van der Waals surface area contributed by atoms with E-state index >= 15 is 0 Å². The number of amides is 1. The zero-order valence-corrected chi connectivity index (χ0v) is 13.9. The summed E-state index contributed by atoms with van der Waals surface area (Å²) in [6.07, 6.45) is 9.88. The van der Waals surface area contributed by atoms with Crippen molar-refractivity contribution in [1.29, 1.82) is 0 Å². The van der Waals surface area contributed by atoms with Crippen LogP contribution in [0.15, 0.2) is 10.2 Å². The minimum absolute atomic E-state index is 0.0842. The minimum atomic E-state index is -1.15. The highest BCUT2D eigenvalue weighted by atomic mass is 16.4. The number of carboxylic acid groups (broad SMARTS) is 1. The standard InChI is InChI=1S/C17H25N3O3/c1-4-5-10-17(19-20-17)11-7-13(21)18-16(14(22)23)9-6-8-15(2,3)12-16/h1H,5-12H2,2-3H3,(H,18,21)(H,22,23). The summed E-state index contributed by atoms with van der Waals surface area (Å²) in [4.78, 5) is 24.1. The predicted molar refractivity (Wildman–Crippen MR) is 85.6 cm³/mol. The first-order chi connectivity index (χ1) is 10.7. The lowest BCUT2D eigenvalue weighted by Crippen LogP contribution is -2.58. The summed E-state index contributed by atoms with van der Waals surface area (Å²) >= 11 is 0. The third kappa shape index (κ3) is 4.31. The van der Waals surface area contributed by atoms with Gasteiger partial charge in [-0.25, -0.2) is 4.79 Å². The van der Waals surface area contributed by atoms with Gasteiger partial charge < -0.3 is 10.4 Å². The summed E-state index contributed by atoms with van der Waals surface area (Å²) in [5.74, 6) is 1.36. The second kappa shape index (κ2) is 6.31. The molecule has 1 unspecified atom stereocenters. The van der Waals surface area contributed by atoms with Gasteiger partial charge in [-0.05, 0) is 31.1 Å². The van der Waals surface area contributed by atoms with Crippen LogP contribution < -0.4 is 5.32 Å². The average molecular weight is 319 g/mol. The van der Waals surface area contributed by atoms with E-state index in [1.165, 1.54) is 0 Å². The molecule has 0 aromatic heterocycles. The van der Waals surface area contributed by atoms with E-state index in [0.717, 1.165) is 12.8 Å². The maximum absolute atomic E-state index is 12.3. The molecule has 1 aliphatic carbocycles. The van der Waals surface area contributed by atoms with Gasteiger partial charge in [-0.2, -0.15) is 10.2 Å². The molecule has 6 nitrogen and oxygen atoms in total. The lowest BCUT2D eigenvalue weighted by Gasteiger charge is -2.42. The van der Waals surface area contributed by atoms with E-state index in [2.05, 4.69) is 21.5 Å². The summed E-state index contributed by atoms with van der Waals surface area (Å²) in [5.41, 5.74) is -1.74. The van der Waals surface area contributed by atoms with Crippen LogP contribution in [0, 0.1) is 17.8 Å². The normalized spacial score (nSPS) is 27.0. The van der Waals surface area contributed by atoms with Crippen LogP contribution in [0.2, 0.25) is 0 Å². The van der Waals surface area contributed by atoms with Gasteiger partial charge in [-0.15, -0.1) is 12.3 Å². The van der Waals surface area contributed by atoms with Crippen molar-refractivity contribution in [2.24, 2.45) is 15.6 Å². The van der Waals surface area contributed by atoms with Crippen molar-refractivity contribution < 1.29 is 14.7 Å². The Kier molecular flexibility index (Phi) is 4.79. The van der Waals surface area contributed by atoms with Crippen LogP contribution in [-0.2, 0) is 9.59 Å². The smallest absolute Gasteiger partial charge is 0.329 e. The lowest BCUT2D eigenvalue weighted by atomic mass is 9.68. The number of nitrogens with one attached hydrogen (secondary N) is 1. The number of carboxylic acids is 1. The molecule has 0 saturated heterocycles. The molecule has 2 rings (SSSR count). The predicted octanol–water partition coefficient (Wildman–Crippen LogP) is 2.88. The number of aliphatic carboxylic acids is 1. The molecule has 1 heterocycles. The lowest BCUT2D eigenvalue weighted by molar-refractivity contribution is -0.151. The fourth-order valence-electron chi connectivity index (χ4n) is 3.52. The first-order valence-corrected chi connectivity index (χ1v) is 8.15. The van der Waals surface area contributed by atoms with E-state index in [1.54, 1.807) is 0 Å². The van der Waals surface area contributed by atoms with Gasteiger partial charge in [0.1, 0.15) is 5.54 Å². The number of nitrogens with zero attached hydrogens (tertiary/aromatic N) is 2. The van der Waals surface area contributed by atoms with Crippen molar-refractivity contribution in [3.8, 4) is 12.3 Å². The van der Waals surface area contributed by atoms with Gasteiger partial charge in [-0.3, -0.25) is 4.79 Å². The Morgan fingerprint density at radius 1 is 1.26 bits per heavy atom. The summed E-state index contributed by atoms with van der Waals surface area (Å²) in [6.45, 7) is 4.10. The summed E-state index contributed by atoms with van der Waals surface area (Å²) in [6, 6.07) is 0. The molecule has 126 valence electrons.